The molecule has 0 bridgehead atoms. The summed E-state index contributed by atoms with van der Waals surface area (Å²) in [6.45, 7) is 2.41. The number of thiophene rings is 1. The van der Waals surface area contributed by atoms with Crippen LogP contribution in [0.15, 0.2) is 11.4 Å². The molecule has 1 aromatic rings. The Hall–Kier alpha value is -0.700. The molecule has 2 aliphatic rings. The Kier molecular flexibility index (Phi) is 2.13. The van der Waals surface area contributed by atoms with Gasteiger partial charge in [-0.3, -0.25) is 0 Å². The predicted octanol–water partition coefficient (Wildman–Crippen LogP) is 2.92. The normalized spacial score (nSPS) is 26.0. The summed E-state index contributed by atoms with van der Waals surface area (Å²) >= 11 is 1.89. The van der Waals surface area contributed by atoms with Crippen LogP contribution < -0.4 is 10.2 Å². The highest BCUT2D eigenvalue weighted by molar-refractivity contribution is 7.14. The quantitative estimate of drug-likeness (QED) is 0.705. The van der Waals surface area contributed by atoms with Gasteiger partial charge < -0.3 is 10.2 Å². The molecule has 1 N–H and O–H groups in total. The van der Waals surface area contributed by atoms with Crippen LogP contribution in [0.3, 0.4) is 0 Å². The zero-order valence-electron chi connectivity index (χ0n) is 8.33. The van der Waals surface area contributed by atoms with Crippen molar-refractivity contribution < 1.29 is 0 Å². The molecule has 0 aliphatic carbocycles. The number of fused-ring (bicyclic) bond motifs is 3. The zero-order valence-corrected chi connectivity index (χ0v) is 9.15. The average molecular weight is 208 g/mol. The van der Waals surface area contributed by atoms with Gasteiger partial charge in [0.1, 0.15) is 5.00 Å². The third-order valence-corrected chi connectivity index (χ3v) is 4.28. The first-order chi connectivity index (χ1) is 6.95. The van der Waals surface area contributed by atoms with Crippen LogP contribution in [0, 0.1) is 0 Å². The smallest absolute Gasteiger partial charge is 0.115 e. The van der Waals surface area contributed by atoms with E-state index < -0.39 is 0 Å². The lowest BCUT2D eigenvalue weighted by Gasteiger charge is -2.35. The molecule has 0 amide bonds. The third-order valence-electron chi connectivity index (χ3n) is 3.33. The highest BCUT2D eigenvalue weighted by Crippen LogP contribution is 2.38. The lowest BCUT2D eigenvalue weighted by atomic mass is 10.0. The van der Waals surface area contributed by atoms with Crippen molar-refractivity contribution in [1.29, 1.82) is 0 Å². The SMILES string of the molecule is c1cc2c(s1)N1CCCCC1CCN2. The number of hydrogen-bond donors (Lipinski definition) is 1. The van der Waals surface area contributed by atoms with E-state index in [1.165, 1.54) is 42.9 Å². The van der Waals surface area contributed by atoms with Crippen molar-refractivity contribution in [2.45, 2.75) is 31.7 Å². The standard InChI is InChI=1S/C11H16N2S/c1-2-7-13-9(3-1)4-6-12-10-5-8-14-11(10)13/h5,8-9,12H,1-4,6-7H2. The second-order valence-corrected chi connectivity index (χ2v) is 5.09. The van der Waals surface area contributed by atoms with Crippen molar-refractivity contribution in [1.82, 2.24) is 0 Å². The Morgan fingerprint density at radius 3 is 3.36 bits per heavy atom. The maximum atomic E-state index is 3.53. The van der Waals surface area contributed by atoms with E-state index in [0.717, 1.165) is 12.6 Å². The van der Waals surface area contributed by atoms with Crippen LogP contribution in [0.4, 0.5) is 10.7 Å². The molecule has 0 saturated carbocycles. The molecule has 1 unspecified atom stereocenters. The molecule has 14 heavy (non-hydrogen) atoms. The van der Waals surface area contributed by atoms with E-state index in [1.54, 1.807) is 0 Å². The van der Waals surface area contributed by atoms with E-state index in [1.807, 2.05) is 11.3 Å². The molecule has 3 heterocycles. The molecule has 0 radical (unpaired) electrons. The summed E-state index contributed by atoms with van der Waals surface area (Å²) in [6.07, 6.45) is 5.48. The van der Waals surface area contributed by atoms with Gasteiger partial charge in [-0.05, 0) is 37.1 Å². The minimum absolute atomic E-state index is 0.802. The van der Waals surface area contributed by atoms with Crippen LogP contribution >= 0.6 is 11.3 Å². The summed E-state index contributed by atoms with van der Waals surface area (Å²) in [5.41, 5.74) is 1.36. The van der Waals surface area contributed by atoms with Crippen LogP contribution in [-0.4, -0.2) is 19.1 Å². The summed E-state index contributed by atoms with van der Waals surface area (Å²) in [6, 6.07) is 3.02. The molecular formula is C11H16N2S. The molecular weight excluding hydrogens is 192 g/mol. The van der Waals surface area contributed by atoms with E-state index in [2.05, 4.69) is 21.7 Å². The van der Waals surface area contributed by atoms with Crippen molar-refractivity contribution in [2.24, 2.45) is 0 Å². The molecule has 2 aliphatic heterocycles. The van der Waals surface area contributed by atoms with E-state index in [4.69, 9.17) is 0 Å². The Balaban J connectivity index is 1.96. The molecule has 76 valence electrons. The Morgan fingerprint density at radius 2 is 2.36 bits per heavy atom. The molecule has 1 aromatic heterocycles. The van der Waals surface area contributed by atoms with Crippen LogP contribution in [0.25, 0.3) is 0 Å². The van der Waals surface area contributed by atoms with Crippen LogP contribution in [0.5, 0.6) is 0 Å². The van der Waals surface area contributed by atoms with Gasteiger partial charge in [0, 0.05) is 19.1 Å². The molecule has 1 fully saturated rings. The summed E-state index contributed by atoms with van der Waals surface area (Å²) in [7, 11) is 0. The number of rotatable bonds is 0. The first-order valence-electron chi connectivity index (χ1n) is 5.53. The lowest BCUT2D eigenvalue weighted by Crippen LogP contribution is -2.38. The predicted molar refractivity (Wildman–Crippen MR) is 62.4 cm³/mol. The lowest BCUT2D eigenvalue weighted by molar-refractivity contribution is 0.451. The van der Waals surface area contributed by atoms with Crippen molar-refractivity contribution in [3.63, 3.8) is 0 Å². The van der Waals surface area contributed by atoms with Crippen molar-refractivity contribution in [3.05, 3.63) is 11.4 Å². The number of anilines is 2. The van der Waals surface area contributed by atoms with Gasteiger partial charge in [-0.15, -0.1) is 11.3 Å². The molecule has 1 atom stereocenters. The summed E-state index contributed by atoms with van der Waals surface area (Å²) < 4.78 is 0. The Bertz CT molecular complexity index is 321. The fraction of sp³-hybridized carbons (Fsp3) is 0.636. The first kappa shape index (κ1) is 8.60. The van der Waals surface area contributed by atoms with Gasteiger partial charge in [-0.1, -0.05) is 0 Å². The largest absolute Gasteiger partial charge is 0.383 e. The number of nitrogens with one attached hydrogen (secondary N) is 1. The summed E-state index contributed by atoms with van der Waals surface area (Å²) in [5.74, 6) is 0. The van der Waals surface area contributed by atoms with Gasteiger partial charge in [-0.25, -0.2) is 0 Å². The third kappa shape index (κ3) is 1.31. The van der Waals surface area contributed by atoms with Crippen LogP contribution in [0.2, 0.25) is 0 Å². The number of hydrogen-bond acceptors (Lipinski definition) is 3. The number of piperidine rings is 1. The van der Waals surface area contributed by atoms with Crippen molar-refractivity contribution in [3.8, 4) is 0 Å². The fourth-order valence-corrected chi connectivity index (χ4v) is 3.58. The van der Waals surface area contributed by atoms with E-state index in [-0.39, 0.29) is 0 Å². The zero-order chi connectivity index (χ0) is 9.38. The maximum Gasteiger partial charge on any atom is 0.115 e. The van der Waals surface area contributed by atoms with Gasteiger partial charge in [0.15, 0.2) is 0 Å². The maximum absolute atomic E-state index is 3.53. The number of nitrogens with zero attached hydrogens (tertiary/aromatic N) is 1. The highest BCUT2D eigenvalue weighted by atomic mass is 32.1. The van der Waals surface area contributed by atoms with E-state index in [9.17, 15) is 0 Å². The van der Waals surface area contributed by atoms with Crippen LogP contribution in [-0.2, 0) is 0 Å². The molecule has 3 heteroatoms. The van der Waals surface area contributed by atoms with Crippen molar-refractivity contribution in [2.75, 3.05) is 23.3 Å². The van der Waals surface area contributed by atoms with Crippen molar-refractivity contribution >= 4 is 22.0 Å². The topological polar surface area (TPSA) is 15.3 Å². The molecule has 3 rings (SSSR count). The second kappa shape index (κ2) is 3.46. The molecule has 0 spiro atoms. The summed E-state index contributed by atoms with van der Waals surface area (Å²) in [4.78, 5) is 2.63. The van der Waals surface area contributed by atoms with Gasteiger partial charge in [0.25, 0.3) is 0 Å². The fourth-order valence-electron chi connectivity index (χ4n) is 2.60. The van der Waals surface area contributed by atoms with Crippen LogP contribution in [0.1, 0.15) is 25.7 Å². The molecule has 1 saturated heterocycles. The molecule has 2 nitrogen and oxygen atoms in total. The first-order valence-corrected chi connectivity index (χ1v) is 6.41. The Labute approximate surface area is 88.9 Å². The average Bonchev–Trinajstić information content (AvgIpc) is 2.61. The summed E-state index contributed by atoms with van der Waals surface area (Å²) in [5, 5.41) is 7.21. The monoisotopic (exact) mass is 208 g/mol. The minimum Gasteiger partial charge on any atom is -0.383 e. The Morgan fingerprint density at radius 1 is 1.36 bits per heavy atom. The molecule has 0 aromatic carbocycles. The van der Waals surface area contributed by atoms with Gasteiger partial charge in [-0.2, -0.15) is 0 Å². The highest BCUT2D eigenvalue weighted by Gasteiger charge is 2.27. The van der Waals surface area contributed by atoms with Gasteiger partial charge in [0.2, 0.25) is 0 Å². The second-order valence-electron chi connectivity index (χ2n) is 4.20. The van der Waals surface area contributed by atoms with Gasteiger partial charge >= 0.3 is 0 Å². The van der Waals surface area contributed by atoms with E-state index >= 15 is 0 Å². The van der Waals surface area contributed by atoms with Gasteiger partial charge in [0.05, 0.1) is 5.69 Å². The minimum atomic E-state index is 0.802. The van der Waals surface area contributed by atoms with E-state index in [0.29, 0.717) is 0 Å².